The topological polar surface area (TPSA) is 47.9 Å². The van der Waals surface area contributed by atoms with Gasteiger partial charge in [0, 0.05) is 5.92 Å². The van der Waals surface area contributed by atoms with E-state index in [0.717, 1.165) is 17.9 Å². The lowest BCUT2D eigenvalue weighted by Crippen LogP contribution is -2.06. The van der Waals surface area contributed by atoms with Crippen LogP contribution in [0.25, 0.3) is 0 Å². The molecule has 0 amide bonds. The number of carbonyl (C=O) groups excluding carboxylic acids is 1. The van der Waals surface area contributed by atoms with Gasteiger partial charge in [-0.25, -0.2) is 4.79 Å². The maximum absolute atomic E-state index is 12.1. The van der Waals surface area contributed by atoms with E-state index in [-0.39, 0.29) is 21.5 Å². The number of nitrogens with zero attached hydrogens (tertiary/aromatic N) is 1. The van der Waals surface area contributed by atoms with Crippen LogP contribution < -0.4 is 4.74 Å². The molecule has 3 rings (SSSR count). The molecule has 0 aliphatic heterocycles. The minimum absolute atomic E-state index is 0.130. The first-order valence-electron chi connectivity index (χ1n) is 7.85. The smallest absolute Gasteiger partial charge is 0.368 e. The summed E-state index contributed by atoms with van der Waals surface area (Å²) in [4.78, 5) is 17.2. The number of ether oxygens (including phenoxy) is 1. The number of rotatable bonds is 5. The average Bonchev–Trinajstić information content (AvgIpc) is 3.40. The molecule has 4 nitrogen and oxygen atoms in total. The van der Waals surface area contributed by atoms with E-state index < -0.39 is 5.97 Å². The van der Waals surface area contributed by atoms with Crippen molar-refractivity contribution in [3.05, 3.63) is 63.6 Å². The van der Waals surface area contributed by atoms with E-state index in [0.29, 0.717) is 5.92 Å². The Morgan fingerprint density at radius 2 is 1.76 bits per heavy atom. The van der Waals surface area contributed by atoms with Crippen LogP contribution in [0, 0.1) is 5.92 Å². The van der Waals surface area contributed by atoms with Gasteiger partial charge >= 0.3 is 5.97 Å². The number of methoxy groups -OCH3 is 1. The number of hydrogen-bond donors (Lipinski definition) is 0. The Labute approximate surface area is 156 Å². The Morgan fingerprint density at radius 1 is 1.12 bits per heavy atom. The maximum Gasteiger partial charge on any atom is 0.368 e. The number of halogens is 2. The zero-order valence-electron chi connectivity index (χ0n) is 13.8. The number of carbonyl (C=O) groups is 1. The molecule has 0 aromatic heterocycles. The van der Waals surface area contributed by atoms with Crippen LogP contribution in [0.3, 0.4) is 0 Å². The quantitative estimate of drug-likeness (QED) is 0.401. The third-order valence-corrected chi connectivity index (χ3v) is 4.94. The van der Waals surface area contributed by atoms with Crippen molar-refractivity contribution in [2.24, 2.45) is 11.1 Å². The minimum atomic E-state index is -0.656. The summed E-state index contributed by atoms with van der Waals surface area (Å²) in [6.07, 6.45) is 0.978. The molecule has 0 spiro atoms. The third kappa shape index (κ3) is 3.97. The Morgan fingerprint density at radius 3 is 2.36 bits per heavy atom. The molecule has 6 heteroatoms. The lowest BCUT2D eigenvalue weighted by atomic mass is 10.1. The van der Waals surface area contributed by atoms with Gasteiger partial charge in [-0.3, -0.25) is 0 Å². The Balaban J connectivity index is 1.64. The highest BCUT2D eigenvalue weighted by Gasteiger charge is 2.41. The van der Waals surface area contributed by atoms with Gasteiger partial charge in [0.05, 0.1) is 28.4 Å². The SMILES string of the molecule is COc1ccc([C@H]2C[C@H]2/C(C)=N\OC(=O)c2c(Cl)cccc2Cl)cc1. The molecule has 1 aliphatic carbocycles. The average molecular weight is 378 g/mol. The van der Waals surface area contributed by atoms with Gasteiger partial charge < -0.3 is 9.57 Å². The first-order valence-corrected chi connectivity index (χ1v) is 8.60. The van der Waals surface area contributed by atoms with Gasteiger partial charge in [0.2, 0.25) is 0 Å². The summed E-state index contributed by atoms with van der Waals surface area (Å²) >= 11 is 12.0. The summed E-state index contributed by atoms with van der Waals surface area (Å²) in [7, 11) is 1.64. The van der Waals surface area contributed by atoms with Gasteiger partial charge in [-0.1, -0.05) is 46.6 Å². The van der Waals surface area contributed by atoms with Crippen LogP contribution >= 0.6 is 23.2 Å². The molecule has 1 saturated carbocycles. The molecule has 0 bridgehead atoms. The van der Waals surface area contributed by atoms with E-state index in [1.165, 1.54) is 5.56 Å². The van der Waals surface area contributed by atoms with E-state index >= 15 is 0 Å². The molecule has 1 aliphatic rings. The van der Waals surface area contributed by atoms with Crippen LogP contribution in [0.15, 0.2) is 47.6 Å². The predicted octanol–water partition coefficient (Wildman–Crippen LogP) is 5.34. The zero-order valence-corrected chi connectivity index (χ0v) is 15.3. The van der Waals surface area contributed by atoms with Crippen LogP contribution in [-0.2, 0) is 4.84 Å². The van der Waals surface area contributed by atoms with Crippen molar-refractivity contribution in [3.63, 3.8) is 0 Å². The first kappa shape index (κ1) is 17.8. The second-order valence-corrected chi connectivity index (χ2v) is 6.74. The summed E-state index contributed by atoms with van der Waals surface area (Å²) in [5.74, 6) is 0.827. The zero-order chi connectivity index (χ0) is 18.0. The molecule has 130 valence electrons. The summed E-state index contributed by atoms with van der Waals surface area (Å²) in [6, 6.07) is 12.8. The van der Waals surface area contributed by atoms with Crippen LogP contribution in [0.1, 0.15) is 35.2 Å². The Hall–Kier alpha value is -2.04. The fraction of sp³-hybridized carbons (Fsp3) is 0.263. The number of benzene rings is 2. The molecule has 0 unspecified atom stereocenters. The normalized spacial score (nSPS) is 19.4. The molecule has 2 aromatic carbocycles. The second-order valence-electron chi connectivity index (χ2n) is 5.93. The maximum atomic E-state index is 12.1. The van der Waals surface area contributed by atoms with Crippen molar-refractivity contribution in [2.75, 3.05) is 7.11 Å². The third-order valence-electron chi connectivity index (χ3n) is 4.31. The molecule has 25 heavy (non-hydrogen) atoms. The molecular weight excluding hydrogens is 361 g/mol. The fourth-order valence-corrected chi connectivity index (χ4v) is 3.35. The van der Waals surface area contributed by atoms with E-state index in [9.17, 15) is 4.79 Å². The van der Waals surface area contributed by atoms with Crippen molar-refractivity contribution in [3.8, 4) is 5.75 Å². The molecule has 0 heterocycles. The highest BCUT2D eigenvalue weighted by Crippen LogP contribution is 2.48. The van der Waals surface area contributed by atoms with E-state index in [2.05, 4.69) is 5.16 Å². The van der Waals surface area contributed by atoms with Crippen LogP contribution in [0.5, 0.6) is 5.75 Å². The van der Waals surface area contributed by atoms with Crippen molar-refractivity contribution >= 4 is 34.9 Å². The van der Waals surface area contributed by atoms with Crippen molar-refractivity contribution in [1.29, 1.82) is 0 Å². The van der Waals surface area contributed by atoms with Crippen LogP contribution in [0.2, 0.25) is 10.0 Å². The van der Waals surface area contributed by atoms with E-state index in [4.69, 9.17) is 32.8 Å². The highest BCUT2D eigenvalue weighted by molar-refractivity contribution is 6.39. The van der Waals surface area contributed by atoms with Crippen LogP contribution in [-0.4, -0.2) is 18.8 Å². The van der Waals surface area contributed by atoms with Crippen molar-refractivity contribution in [1.82, 2.24) is 0 Å². The van der Waals surface area contributed by atoms with E-state index in [1.54, 1.807) is 25.3 Å². The van der Waals surface area contributed by atoms with Crippen molar-refractivity contribution < 1.29 is 14.4 Å². The first-order chi connectivity index (χ1) is 12.0. The van der Waals surface area contributed by atoms with Gasteiger partial charge in [0.1, 0.15) is 5.75 Å². The van der Waals surface area contributed by atoms with Crippen LogP contribution in [0.4, 0.5) is 0 Å². The molecule has 0 radical (unpaired) electrons. The van der Waals surface area contributed by atoms with Gasteiger partial charge in [-0.15, -0.1) is 0 Å². The minimum Gasteiger partial charge on any atom is -0.497 e. The predicted molar refractivity (Wildman–Crippen MR) is 98.8 cm³/mol. The van der Waals surface area contributed by atoms with Gasteiger partial charge in [-0.2, -0.15) is 0 Å². The largest absolute Gasteiger partial charge is 0.497 e. The Kier molecular flexibility index (Phi) is 5.30. The van der Waals surface area contributed by atoms with Gasteiger partial charge in [0.15, 0.2) is 0 Å². The van der Waals surface area contributed by atoms with Crippen molar-refractivity contribution in [2.45, 2.75) is 19.3 Å². The molecule has 0 N–H and O–H groups in total. The molecule has 0 saturated heterocycles. The monoisotopic (exact) mass is 377 g/mol. The second kappa shape index (κ2) is 7.46. The fourth-order valence-electron chi connectivity index (χ4n) is 2.80. The lowest BCUT2D eigenvalue weighted by Gasteiger charge is -2.05. The van der Waals surface area contributed by atoms with Gasteiger partial charge in [-0.05, 0) is 49.1 Å². The van der Waals surface area contributed by atoms with E-state index in [1.807, 2.05) is 31.2 Å². The summed E-state index contributed by atoms with van der Waals surface area (Å²) in [6.45, 7) is 1.86. The molecule has 2 atom stereocenters. The summed E-state index contributed by atoms with van der Waals surface area (Å²) in [5.41, 5.74) is 2.13. The number of oxime groups is 1. The molecule has 2 aromatic rings. The summed E-state index contributed by atoms with van der Waals surface area (Å²) < 4.78 is 5.17. The van der Waals surface area contributed by atoms with Gasteiger partial charge in [0.25, 0.3) is 0 Å². The standard InChI is InChI=1S/C19H17Cl2NO3/c1-11(14-10-15(14)12-6-8-13(24-2)9-7-12)22-25-19(23)18-16(20)4-3-5-17(18)21/h3-9,14-15H,10H2,1-2H3/b22-11-/t14-,15+/m0/s1. The molecule has 1 fully saturated rings. The Bertz CT molecular complexity index is 798. The summed E-state index contributed by atoms with van der Waals surface area (Å²) in [5, 5.41) is 4.47. The number of hydrogen-bond acceptors (Lipinski definition) is 4. The molecular formula is C19H17Cl2NO3. The lowest BCUT2D eigenvalue weighted by molar-refractivity contribution is 0.0515. The highest BCUT2D eigenvalue weighted by atomic mass is 35.5.